The molecule has 10 heteroatoms. The number of rotatable bonds is 8. The van der Waals surface area contributed by atoms with E-state index in [1.807, 2.05) is 78.2 Å². The smallest absolute Gasteiger partial charge is 0.250 e. The molecule has 0 unspecified atom stereocenters. The van der Waals surface area contributed by atoms with Gasteiger partial charge in [0.2, 0.25) is 0 Å². The number of carbonyl (C=O) groups excluding carboxylic acids is 1. The van der Waals surface area contributed by atoms with Crippen LogP contribution in [0.4, 0.5) is 0 Å². The van der Waals surface area contributed by atoms with E-state index in [1.54, 1.807) is 13.3 Å². The monoisotopic (exact) mass is 569 g/mol. The van der Waals surface area contributed by atoms with Crippen LogP contribution in [-0.4, -0.2) is 39.7 Å². The lowest BCUT2D eigenvalue weighted by Gasteiger charge is -2.10. The van der Waals surface area contributed by atoms with Gasteiger partial charge >= 0.3 is 0 Å². The predicted octanol–water partition coefficient (Wildman–Crippen LogP) is 5.91. The highest BCUT2D eigenvalue weighted by molar-refractivity contribution is 9.10. The van der Waals surface area contributed by atoms with Crippen LogP contribution >= 0.6 is 39.3 Å². The summed E-state index contributed by atoms with van der Waals surface area (Å²) in [5, 5.41) is 14.0. The largest absolute Gasteiger partial charge is 0.496 e. The maximum absolute atomic E-state index is 12.4. The van der Waals surface area contributed by atoms with E-state index < -0.39 is 0 Å². The third-order valence-corrected chi connectivity index (χ3v) is 6.74. The van der Waals surface area contributed by atoms with Gasteiger partial charge in [-0.1, -0.05) is 41.1 Å². The molecule has 0 aliphatic carbocycles. The maximum Gasteiger partial charge on any atom is 0.250 e. The number of thioether (sulfide) groups is 1. The van der Waals surface area contributed by atoms with E-state index in [0.717, 1.165) is 32.6 Å². The lowest BCUT2D eigenvalue weighted by molar-refractivity contribution is -0.118. The molecule has 35 heavy (non-hydrogen) atoms. The van der Waals surface area contributed by atoms with Gasteiger partial charge in [0, 0.05) is 16.3 Å². The summed E-state index contributed by atoms with van der Waals surface area (Å²) in [6.07, 6.45) is 1.57. The fraction of sp³-hybridized carbons (Fsp3) is 0.120. The number of amides is 1. The summed E-state index contributed by atoms with van der Waals surface area (Å²) >= 11 is 10.8. The molecule has 0 bridgehead atoms. The Balaban J connectivity index is 1.48. The summed E-state index contributed by atoms with van der Waals surface area (Å²) in [7, 11) is 1.60. The first-order valence-electron chi connectivity index (χ1n) is 10.5. The highest BCUT2D eigenvalue weighted by Crippen LogP contribution is 2.29. The molecular weight excluding hydrogens is 550 g/mol. The van der Waals surface area contributed by atoms with Crippen LogP contribution in [0.3, 0.4) is 0 Å². The van der Waals surface area contributed by atoms with Crippen molar-refractivity contribution in [3.63, 3.8) is 0 Å². The summed E-state index contributed by atoms with van der Waals surface area (Å²) in [5.74, 6) is 1.24. The minimum absolute atomic E-state index is 0.119. The molecule has 0 fully saturated rings. The van der Waals surface area contributed by atoms with Crippen molar-refractivity contribution in [3.05, 3.63) is 87.4 Å². The molecule has 0 aliphatic heterocycles. The molecule has 0 saturated heterocycles. The number of nitrogens with zero attached hydrogens (tertiary/aromatic N) is 4. The summed E-state index contributed by atoms with van der Waals surface area (Å²) in [6.45, 7) is 2.03. The second-order valence-corrected chi connectivity index (χ2v) is 9.69. The number of halogens is 2. The molecule has 0 aliphatic rings. The minimum atomic E-state index is -0.259. The maximum atomic E-state index is 12.4. The molecule has 1 amide bonds. The van der Waals surface area contributed by atoms with E-state index in [2.05, 4.69) is 36.7 Å². The molecule has 1 aromatic heterocycles. The minimum Gasteiger partial charge on any atom is -0.496 e. The average molecular weight is 571 g/mol. The van der Waals surface area contributed by atoms with Gasteiger partial charge < -0.3 is 4.74 Å². The van der Waals surface area contributed by atoms with Gasteiger partial charge in [0.1, 0.15) is 5.75 Å². The summed E-state index contributed by atoms with van der Waals surface area (Å²) in [5.41, 5.74) is 6.28. The first-order valence-corrected chi connectivity index (χ1v) is 12.7. The van der Waals surface area contributed by atoms with Gasteiger partial charge in [-0.15, -0.1) is 10.2 Å². The van der Waals surface area contributed by atoms with Crippen LogP contribution < -0.4 is 10.2 Å². The van der Waals surface area contributed by atoms with E-state index in [9.17, 15) is 4.79 Å². The fourth-order valence-electron chi connectivity index (χ4n) is 3.18. The number of hydrogen-bond acceptors (Lipinski definition) is 6. The van der Waals surface area contributed by atoms with Crippen molar-refractivity contribution in [3.8, 4) is 22.8 Å². The highest BCUT2D eigenvalue weighted by Gasteiger charge is 2.17. The van der Waals surface area contributed by atoms with Crippen LogP contribution in [0.2, 0.25) is 5.02 Å². The number of aromatic nitrogens is 3. The first kappa shape index (κ1) is 25.0. The number of hydrogen-bond donors (Lipinski definition) is 1. The van der Waals surface area contributed by atoms with Crippen molar-refractivity contribution in [1.29, 1.82) is 0 Å². The van der Waals surface area contributed by atoms with Crippen molar-refractivity contribution in [2.24, 2.45) is 5.10 Å². The molecular formula is C25H21BrClN5O2S. The second-order valence-electron chi connectivity index (χ2n) is 7.46. The fourth-order valence-corrected chi connectivity index (χ4v) is 4.61. The van der Waals surface area contributed by atoms with Crippen LogP contribution in [-0.2, 0) is 4.79 Å². The number of carbonyl (C=O) groups is 1. The van der Waals surface area contributed by atoms with E-state index >= 15 is 0 Å². The molecule has 7 nitrogen and oxygen atoms in total. The van der Waals surface area contributed by atoms with Crippen molar-refractivity contribution in [1.82, 2.24) is 20.2 Å². The Morgan fingerprint density at radius 3 is 2.57 bits per heavy atom. The van der Waals surface area contributed by atoms with E-state index in [-0.39, 0.29) is 11.7 Å². The van der Waals surface area contributed by atoms with Gasteiger partial charge in [0.25, 0.3) is 5.91 Å². The summed E-state index contributed by atoms with van der Waals surface area (Å²) in [4.78, 5) is 12.4. The first-order chi connectivity index (χ1) is 16.9. The number of ether oxygens (including phenoxy) is 1. The van der Waals surface area contributed by atoms with Crippen molar-refractivity contribution in [2.75, 3.05) is 12.9 Å². The zero-order chi connectivity index (χ0) is 24.8. The zero-order valence-corrected chi connectivity index (χ0v) is 22.1. The predicted molar refractivity (Wildman–Crippen MR) is 144 cm³/mol. The third-order valence-electron chi connectivity index (χ3n) is 4.94. The van der Waals surface area contributed by atoms with Crippen LogP contribution in [0, 0.1) is 6.92 Å². The molecule has 0 atom stereocenters. The Morgan fingerprint density at radius 2 is 1.89 bits per heavy atom. The lowest BCUT2D eigenvalue weighted by atomic mass is 10.2. The van der Waals surface area contributed by atoms with Crippen molar-refractivity contribution < 1.29 is 9.53 Å². The number of nitrogens with one attached hydrogen (secondary N) is 1. The number of aryl methyl sites for hydroxylation is 1. The molecule has 1 heterocycles. The van der Waals surface area contributed by atoms with Gasteiger partial charge in [-0.2, -0.15) is 5.10 Å². The molecule has 4 aromatic rings. The normalized spacial score (nSPS) is 11.1. The molecule has 1 N–H and O–H groups in total. The highest BCUT2D eigenvalue weighted by atomic mass is 79.9. The van der Waals surface area contributed by atoms with Gasteiger partial charge in [-0.25, -0.2) is 5.43 Å². The van der Waals surface area contributed by atoms with Gasteiger partial charge in [0.15, 0.2) is 11.0 Å². The van der Waals surface area contributed by atoms with Crippen LogP contribution in [0.5, 0.6) is 5.75 Å². The van der Waals surface area contributed by atoms with Crippen LogP contribution in [0.1, 0.15) is 11.1 Å². The van der Waals surface area contributed by atoms with Crippen molar-refractivity contribution in [2.45, 2.75) is 12.1 Å². The number of hydrazone groups is 1. The number of benzene rings is 3. The van der Waals surface area contributed by atoms with E-state index in [1.165, 1.54) is 11.8 Å². The Kier molecular flexibility index (Phi) is 8.22. The molecule has 178 valence electrons. The molecule has 0 spiro atoms. The van der Waals surface area contributed by atoms with Gasteiger partial charge in [-0.3, -0.25) is 9.36 Å². The van der Waals surface area contributed by atoms with E-state index in [0.29, 0.717) is 16.0 Å². The molecule has 0 saturated carbocycles. The Labute approximate surface area is 220 Å². The Morgan fingerprint density at radius 1 is 1.14 bits per heavy atom. The molecule has 3 aromatic carbocycles. The summed E-state index contributed by atoms with van der Waals surface area (Å²) in [6, 6.07) is 21.0. The number of methoxy groups -OCH3 is 1. The van der Waals surface area contributed by atoms with Gasteiger partial charge in [0.05, 0.1) is 23.5 Å². The van der Waals surface area contributed by atoms with Crippen LogP contribution in [0.15, 0.2) is 81.5 Å². The third kappa shape index (κ3) is 6.30. The van der Waals surface area contributed by atoms with E-state index in [4.69, 9.17) is 16.3 Å². The van der Waals surface area contributed by atoms with Gasteiger partial charge in [-0.05, 0) is 83.0 Å². The quantitative estimate of drug-likeness (QED) is 0.162. The molecule has 0 radical (unpaired) electrons. The lowest BCUT2D eigenvalue weighted by Crippen LogP contribution is -2.20. The summed E-state index contributed by atoms with van der Waals surface area (Å²) < 4.78 is 7.95. The zero-order valence-electron chi connectivity index (χ0n) is 18.9. The van der Waals surface area contributed by atoms with Crippen LogP contribution in [0.25, 0.3) is 17.1 Å². The SMILES string of the molecule is COc1ccc(C=NNC(=O)CSc2nnc(-c3ccc(Cl)cc3)n2-c2ccc(C)cc2)cc1Br. The topological polar surface area (TPSA) is 81.4 Å². The Bertz CT molecular complexity index is 1360. The van der Waals surface area contributed by atoms with Crippen molar-refractivity contribution >= 4 is 51.4 Å². The standard InChI is InChI=1S/C25H21BrClN5O2S/c1-16-3-10-20(11-4-16)32-24(18-6-8-19(27)9-7-18)30-31-25(32)35-15-23(33)29-28-14-17-5-12-22(34-2)21(26)13-17/h3-14H,15H2,1-2H3,(H,29,33). The Hall–Kier alpha value is -3.14. The second kappa shape index (κ2) is 11.5. The molecule has 4 rings (SSSR count). The average Bonchev–Trinajstić information content (AvgIpc) is 3.28.